The molecule has 0 radical (unpaired) electrons. The third-order valence-corrected chi connectivity index (χ3v) is 4.37. The fraction of sp³-hybridized carbons (Fsp3) is 0.471. The largest absolute Gasteiger partial charge is 0.368 e. The fourth-order valence-electron chi connectivity index (χ4n) is 3.00. The Bertz CT molecular complexity index is 645. The Kier molecular flexibility index (Phi) is 3.86. The number of nitrogens with zero attached hydrogens (tertiary/aromatic N) is 3. The minimum Gasteiger partial charge on any atom is -0.368 e. The minimum atomic E-state index is 0.353. The highest BCUT2D eigenvalue weighted by Gasteiger charge is 2.21. The summed E-state index contributed by atoms with van der Waals surface area (Å²) < 4.78 is 0. The van der Waals surface area contributed by atoms with Crippen LogP contribution in [0.25, 0.3) is 0 Å². The Labute approximate surface area is 125 Å². The predicted octanol–water partition coefficient (Wildman–Crippen LogP) is 3.32. The average Bonchev–Trinajstić information content (AvgIpc) is 2.96. The van der Waals surface area contributed by atoms with Crippen LogP contribution in [0.3, 0.4) is 0 Å². The molecule has 1 aliphatic carbocycles. The molecule has 1 aromatic heterocycles. The normalized spacial score (nSPS) is 15.5. The van der Waals surface area contributed by atoms with E-state index in [-0.39, 0.29) is 0 Å². The Morgan fingerprint density at radius 2 is 1.81 bits per heavy atom. The second kappa shape index (κ2) is 5.80. The molecule has 1 saturated carbocycles. The molecule has 0 atom stereocenters. The van der Waals surface area contributed by atoms with Gasteiger partial charge in [-0.2, -0.15) is 9.97 Å². The maximum absolute atomic E-state index is 5.87. The lowest BCUT2D eigenvalue weighted by molar-refractivity contribution is 0.654. The summed E-state index contributed by atoms with van der Waals surface area (Å²) in [5, 5.41) is 0. The topological polar surface area (TPSA) is 64.7 Å². The summed E-state index contributed by atoms with van der Waals surface area (Å²) in [4.78, 5) is 13.3. The van der Waals surface area contributed by atoms with E-state index in [1.54, 1.807) is 0 Å². The molecule has 1 aromatic carbocycles. The maximum Gasteiger partial charge on any atom is 0.223 e. The smallest absolute Gasteiger partial charge is 0.223 e. The van der Waals surface area contributed by atoms with Gasteiger partial charge in [-0.25, -0.2) is 4.98 Å². The number of aryl methyl sites for hydroxylation is 2. The van der Waals surface area contributed by atoms with Crippen molar-refractivity contribution in [3.8, 4) is 0 Å². The van der Waals surface area contributed by atoms with Crippen molar-refractivity contribution in [3.63, 3.8) is 0 Å². The molecule has 3 rings (SSSR count). The zero-order valence-corrected chi connectivity index (χ0v) is 12.8. The van der Waals surface area contributed by atoms with Gasteiger partial charge in [0.05, 0.1) is 0 Å². The van der Waals surface area contributed by atoms with Crippen molar-refractivity contribution in [1.82, 2.24) is 15.0 Å². The van der Waals surface area contributed by atoms with Gasteiger partial charge < -0.3 is 5.73 Å². The number of hydrogen-bond donors (Lipinski definition) is 1. The first-order chi connectivity index (χ1) is 10.1. The molecule has 0 bridgehead atoms. The molecule has 0 saturated heterocycles. The van der Waals surface area contributed by atoms with E-state index >= 15 is 0 Å². The molecule has 1 fully saturated rings. The van der Waals surface area contributed by atoms with E-state index in [0.29, 0.717) is 18.3 Å². The van der Waals surface area contributed by atoms with Crippen LogP contribution in [0.15, 0.2) is 18.2 Å². The van der Waals surface area contributed by atoms with Gasteiger partial charge in [0.1, 0.15) is 11.6 Å². The van der Waals surface area contributed by atoms with E-state index in [4.69, 9.17) is 5.73 Å². The summed E-state index contributed by atoms with van der Waals surface area (Å²) >= 11 is 0. The van der Waals surface area contributed by atoms with Gasteiger partial charge in [0.25, 0.3) is 0 Å². The zero-order valence-electron chi connectivity index (χ0n) is 12.8. The summed E-state index contributed by atoms with van der Waals surface area (Å²) in [6.07, 6.45) is 5.60. The van der Waals surface area contributed by atoms with Crippen molar-refractivity contribution in [2.45, 2.75) is 51.9 Å². The summed E-state index contributed by atoms with van der Waals surface area (Å²) in [7, 11) is 0. The van der Waals surface area contributed by atoms with Gasteiger partial charge in [-0.15, -0.1) is 0 Å². The van der Waals surface area contributed by atoms with E-state index in [2.05, 4.69) is 47.0 Å². The first-order valence-corrected chi connectivity index (χ1v) is 7.68. The lowest BCUT2D eigenvalue weighted by atomic mass is 10.0. The molecule has 1 heterocycles. The molecule has 4 heteroatoms. The SMILES string of the molecule is Cc1ccc(Cc2nc(N)nc(C3CCCC3)n2)cc1C. The van der Waals surface area contributed by atoms with Crippen LogP contribution in [0, 0.1) is 13.8 Å². The minimum absolute atomic E-state index is 0.353. The van der Waals surface area contributed by atoms with Crippen molar-refractivity contribution in [2.75, 3.05) is 5.73 Å². The third-order valence-electron chi connectivity index (χ3n) is 4.37. The van der Waals surface area contributed by atoms with Crippen molar-refractivity contribution in [2.24, 2.45) is 0 Å². The Balaban J connectivity index is 1.85. The summed E-state index contributed by atoms with van der Waals surface area (Å²) in [5.41, 5.74) is 9.70. The third kappa shape index (κ3) is 3.20. The number of anilines is 1. The number of benzene rings is 1. The summed E-state index contributed by atoms with van der Waals surface area (Å²) in [5.74, 6) is 2.49. The Hall–Kier alpha value is -1.97. The molecule has 1 aliphatic rings. The lowest BCUT2D eigenvalue weighted by Crippen LogP contribution is -2.10. The molecule has 0 spiro atoms. The Morgan fingerprint density at radius 1 is 1.05 bits per heavy atom. The van der Waals surface area contributed by atoms with Gasteiger partial charge in [-0.3, -0.25) is 0 Å². The fourth-order valence-corrected chi connectivity index (χ4v) is 3.00. The molecular formula is C17H22N4. The van der Waals surface area contributed by atoms with E-state index in [1.807, 2.05) is 0 Å². The number of rotatable bonds is 3. The van der Waals surface area contributed by atoms with E-state index < -0.39 is 0 Å². The highest BCUT2D eigenvalue weighted by atomic mass is 15.1. The van der Waals surface area contributed by atoms with Crippen molar-refractivity contribution >= 4 is 5.95 Å². The van der Waals surface area contributed by atoms with Crippen LogP contribution in [-0.4, -0.2) is 15.0 Å². The summed E-state index contributed by atoms with van der Waals surface area (Å²) in [6.45, 7) is 4.25. The van der Waals surface area contributed by atoms with Crippen LogP contribution in [0.4, 0.5) is 5.95 Å². The van der Waals surface area contributed by atoms with Crippen LogP contribution in [0.5, 0.6) is 0 Å². The van der Waals surface area contributed by atoms with E-state index in [0.717, 1.165) is 11.6 Å². The highest BCUT2D eigenvalue weighted by Crippen LogP contribution is 2.32. The van der Waals surface area contributed by atoms with Gasteiger partial charge in [0, 0.05) is 12.3 Å². The standard InChI is InChI=1S/C17H22N4/c1-11-7-8-13(9-12(11)2)10-15-19-16(21-17(18)20-15)14-5-3-4-6-14/h7-9,14H,3-6,10H2,1-2H3,(H2,18,19,20,21). The quantitative estimate of drug-likeness (QED) is 0.938. The Morgan fingerprint density at radius 3 is 2.52 bits per heavy atom. The van der Waals surface area contributed by atoms with Gasteiger partial charge >= 0.3 is 0 Å². The summed E-state index contributed by atoms with van der Waals surface area (Å²) in [6, 6.07) is 6.48. The van der Waals surface area contributed by atoms with Crippen LogP contribution >= 0.6 is 0 Å². The van der Waals surface area contributed by atoms with Gasteiger partial charge in [0.15, 0.2) is 0 Å². The first-order valence-electron chi connectivity index (χ1n) is 7.68. The predicted molar refractivity (Wildman–Crippen MR) is 84.2 cm³/mol. The lowest BCUT2D eigenvalue weighted by Gasteiger charge is -2.10. The molecule has 110 valence electrons. The number of aromatic nitrogens is 3. The molecule has 0 unspecified atom stereocenters. The highest BCUT2D eigenvalue weighted by molar-refractivity contribution is 5.32. The number of nitrogen functional groups attached to an aromatic ring is 1. The van der Waals surface area contributed by atoms with Gasteiger partial charge in [-0.05, 0) is 43.4 Å². The van der Waals surface area contributed by atoms with Crippen LogP contribution in [0.1, 0.15) is 59.9 Å². The maximum atomic E-state index is 5.87. The van der Waals surface area contributed by atoms with E-state index in [9.17, 15) is 0 Å². The number of hydrogen-bond acceptors (Lipinski definition) is 4. The van der Waals surface area contributed by atoms with Gasteiger partial charge in [-0.1, -0.05) is 31.0 Å². The number of nitrogens with two attached hydrogens (primary N) is 1. The molecule has 0 amide bonds. The van der Waals surface area contributed by atoms with Crippen molar-refractivity contribution in [3.05, 3.63) is 46.5 Å². The molecule has 4 nitrogen and oxygen atoms in total. The molecule has 2 aromatic rings. The molecular weight excluding hydrogens is 260 g/mol. The van der Waals surface area contributed by atoms with Crippen LogP contribution < -0.4 is 5.73 Å². The molecule has 0 aliphatic heterocycles. The first kappa shape index (κ1) is 14.0. The second-order valence-electron chi connectivity index (χ2n) is 6.04. The van der Waals surface area contributed by atoms with Crippen molar-refractivity contribution in [1.29, 1.82) is 0 Å². The van der Waals surface area contributed by atoms with Gasteiger partial charge in [0.2, 0.25) is 5.95 Å². The second-order valence-corrected chi connectivity index (χ2v) is 6.04. The molecule has 2 N–H and O–H groups in total. The monoisotopic (exact) mass is 282 g/mol. The molecule has 21 heavy (non-hydrogen) atoms. The zero-order chi connectivity index (χ0) is 14.8. The average molecular weight is 282 g/mol. The van der Waals surface area contributed by atoms with Crippen LogP contribution in [-0.2, 0) is 6.42 Å². The van der Waals surface area contributed by atoms with Crippen molar-refractivity contribution < 1.29 is 0 Å². The van der Waals surface area contributed by atoms with Crippen LogP contribution in [0.2, 0.25) is 0 Å². The van der Waals surface area contributed by atoms with E-state index in [1.165, 1.54) is 42.4 Å².